The standard InChI is InChI=1S/C17H28NO5P/c1-12(2)22-24(20,23-13(3)4)15-10-8-9-14(11-15)18-16(19)21-17(5,6)7/h8-13H,1-7H3,(H,18,19). The van der Waals surface area contributed by atoms with Gasteiger partial charge in [-0.1, -0.05) is 6.07 Å². The third-order valence-corrected chi connectivity index (χ3v) is 4.82. The van der Waals surface area contributed by atoms with Gasteiger partial charge in [-0.3, -0.25) is 9.88 Å². The third kappa shape index (κ3) is 7.04. The number of hydrogen-bond acceptors (Lipinski definition) is 5. The third-order valence-electron chi connectivity index (χ3n) is 2.51. The van der Waals surface area contributed by atoms with Crippen molar-refractivity contribution in [1.29, 1.82) is 0 Å². The minimum atomic E-state index is -3.49. The van der Waals surface area contributed by atoms with Gasteiger partial charge in [-0.05, 0) is 66.7 Å². The number of amides is 1. The predicted molar refractivity (Wildman–Crippen MR) is 96.0 cm³/mol. The highest BCUT2D eigenvalue weighted by molar-refractivity contribution is 7.62. The molecular formula is C17H28NO5P. The van der Waals surface area contributed by atoms with Gasteiger partial charge in [0, 0.05) is 5.69 Å². The molecular weight excluding hydrogens is 329 g/mol. The van der Waals surface area contributed by atoms with E-state index < -0.39 is 19.3 Å². The molecule has 0 heterocycles. The van der Waals surface area contributed by atoms with Crippen molar-refractivity contribution in [2.45, 2.75) is 66.3 Å². The lowest BCUT2D eigenvalue weighted by molar-refractivity contribution is 0.0635. The first kappa shape index (κ1) is 20.7. The van der Waals surface area contributed by atoms with Crippen LogP contribution >= 0.6 is 7.60 Å². The first-order chi connectivity index (χ1) is 10.9. The Morgan fingerprint density at radius 2 is 1.62 bits per heavy atom. The second-order valence-electron chi connectivity index (χ2n) is 6.98. The van der Waals surface area contributed by atoms with Crippen LogP contribution in [-0.4, -0.2) is 23.9 Å². The number of anilines is 1. The molecule has 0 radical (unpaired) electrons. The lowest BCUT2D eigenvalue weighted by atomic mass is 10.2. The molecule has 0 aliphatic carbocycles. The summed E-state index contributed by atoms with van der Waals surface area (Å²) in [6.45, 7) is 12.5. The number of ether oxygens (including phenoxy) is 1. The van der Waals surface area contributed by atoms with E-state index in [0.717, 1.165) is 0 Å². The predicted octanol–water partition coefficient (Wildman–Crippen LogP) is 4.70. The zero-order valence-corrected chi connectivity index (χ0v) is 16.3. The molecule has 136 valence electrons. The largest absolute Gasteiger partial charge is 0.444 e. The SMILES string of the molecule is CC(C)OP(=O)(OC(C)C)c1cccc(NC(=O)OC(C)(C)C)c1. The van der Waals surface area contributed by atoms with Crippen LogP contribution in [0.5, 0.6) is 0 Å². The van der Waals surface area contributed by atoms with Crippen LogP contribution in [0.25, 0.3) is 0 Å². The zero-order chi connectivity index (χ0) is 18.5. The molecule has 1 aromatic rings. The molecule has 0 aromatic heterocycles. The summed E-state index contributed by atoms with van der Waals surface area (Å²) >= 11 is 0. The van der Waals surface area contributed by atoms with Gasteiger partial charge in [0.2, 0.25) is 0 Å². The lowest BCUT2D eigenvalue weighted by Gasteiger charge is -2.23. The number of rotatable bonds is 6. The van der Waals surface area contributed by atoms with Crippen molar-refractivity contribution >= 4 is 24.7 Å². The maximum Gasteiger partial charge on any atom is 0.412 e. The maximum atomic E-state index is 13.1. The molecule has 0 saturated carbocycles. The molecule has 1 N–H and O–H groups in total. The minimum absolute atomic E-state index is 0.267. The summed E-state index contributed by atoms with van der Waals surface area (Å²) in [6, 6.07) is 6.60. The molecule has 6 nitrogen and oxygen atoms in total. The van der Waals surface area contributed by atoms with Crippen molar-refractivity contribution in [3.63, 3.8) is 0 Å². The van der Waals surface area contributed by atoms with Crippen LogP contribution in [0.2, 0.25) is 0 Å². The first-order valence-electron chi connectivity index (χ1n) is 7.99. The van der Waals surface area contributed by atoms with Gasteiger partial charge in [0.1, 0.15) is 5.60 Å². The van der Waals surface area contributed by atoms with Crippen LogP contribution in [0.4, 0.5) is 10.5 Å². The molecule has 0 spiro atoms. The van der Waals surface area contributed by atoms with E-state index in [0.29, 0.717) is 11.0 Å². The molecule has 1 aromatic carbocycles. The van der Waals surface area contributed by atoms with E-state index in [9.17, 15) is 9.36 Å². The Balaban J connectivity index is 3.03. The fourth-order valence-electron chi connectivity index (χ4n) is 1.88. The fourth-order valence-corrected chi connectivity index (χ4v) is 3.85. The lowest BCUT2D eigenvalue weighted by Crippen LogP contribution is -2.27. The molecule has 0 aliphatic heterocycles. The average molecular weight is 357 g/mol. The molecule has 0 unspecified atom stereocenters. The van der Waals surface area contributed by atoms with Crippen molar-refractivity contribution in [2.75, 3.05) is 5.32 Å². The highest BCUT2D eigenvalue weighted by atomic mass is 31.2. The van der Waals surface area contributed by atoms with E-state index in [1.54, 1.807) is 72.7 Å². The number of carbonyl (C=O) groups is 1. The van der Waals surface area contributed by atoms with Crippen LogP contribution in [0, 0.1) is 0 Å². The van der Waals surface area contributed by atoms with E-state index in [2.05, 4.69) is 5.32 Å². The van der Waals surface area contributed by atoms with Gasteiger partial charge in [0.25, 0.3) is 0 Å². The van der Waals surface area contributed by atoms with Crippen LogP contribution in [0.1, 0.15) is 48.5 Å². The van der Waals surface area contributed by atoms with E-state index in [1.807, 2.05) is 0 Å². The molecule has 24 heavy (non-hydrogen) atoms. The summed E-state index contributed by atoms with van der Waals surface area (Å²) in [5, 5.41) is 3.01. The Morgan fingerprint density at radius 1 is 1.08 bits per heavy atom. The van der Waals surface area contributed by atoms with E-state index in [4.69, 9.17) is 13.8 Å². The quantitative estimate of drug-likeness (QED) is 0.747. The van der Waals surface area contributed by atoms with Crippen molar-refractivity contribution in [1.82, 2.24) is 0 Å². The van der Waals surface area contributed by atoms with Gasteiger partial charge in [-0.25, -0.2) is 4.79 Å². The second-order valence-corrected chi connectivity index (χ2v) is 8.92. The van der Waals surface area contributed by atoms with Gasteiger partial charge in [0.15, 0.2) is 0 Å². The van der Waals surface area contributed by atoms with Crippen LogP contribution in [0.3, 0.4) is 0 Å². The van der Waals surface area contributed by atoms with Crippen molar-refractivity contribution in [2.24, 2.45) is 0 Å². The molecule has 1 amide bonds. The molecule has 0 bridgehead atoms. The fraction of sp³-hybridized carbons (Fsp3) is 0.588. The molecule has 0 atom stereocenters. The van der Waals surface area contributed by atoms with Gasteiger partial charge >= 0.3 is 13.7 Å². The maximum absolute atomic E-state index is 13.1. The first-order valence-corrected chi connectivity index (χ1v) is 9.53. The van der Waals surface area contributed by atoms with Crippen LogP contribution in [0.15, 0.2) is 24.3 Å². The normalized spacial score (nSPS) is 12.5. The summed E-state index contributed by atoms with van der Waals surface area (Å²) in [7, 11) is -3.49. The summed E-state index contributed by atoms with van der Waals surface area (Å²) in [5.41, 5.74) is -0.139. The molecule has 7 heteroatoms. The van der Waals surface area contributed by atoms with Gasteiger partial charge in [0.05, 0.1) is 17.5 Å². The summed E-state index contributed by atoms with van der Waals surface area (Å²) < 4.78 is 29.5. The van der Waals surface area contributed by atoms with E-state index >= 15 is 0 Å². The summed E-state index contributed by atoms with van der Waals surface area (Å²) in [4.78, 5) is 11.9. The average Bonchev–Trinajstić information content (AvgIpc) is 2.34. The number of benzene rings is 1. The van der Waals surface area contributed by atoms with Gasteiger partial charge < -0.3 is 13.8 Å². The zero-order valence-electron chi connectivity index (χ0n) is 15.5. The van der Waals surface area contributed by atoms with E-state index in [1.165, 1.54) is 0 Å². The Kier molecular flexibility index (Phi) is 7.02. The smallest absolute Gasteiger partial charge is 0.412 e. The van der Waals surface area contributed by atoms with Crippen molar-refractivity contribution < 1.29 is 23.1 Å². The Morgan fingerprint density at radius 3 is 2.08 bits per heavy atom. The Hall–Kier alpha value is -1.36. The Labute approximate surface area is 144 Å². The monoisotopic (exact) mass is 357 g/mol. The number of nitrogens with one attached hydrogen (secondary N) is 1. The highest BCUT2D eigenvalue weighted by Crippen LogP contribution is 2.49. The van der Waals surface area contributed by atoms with E-state index in [-0.39, 0.29) is 12.2 Å². The molecule has 1 rings (SSSR count). The van der Waals surface area contributed by atoms with Crippen molar-refractivity contribution in [3.8, 4) is 0 Å². The molecule has 0 aliphatic rings. The van der Waals surface area contributed by atoms with Crippen LogP contribution < -0.4 is 10.6 Å². The van der Waals surface area contributed by atoms with Gasteiger partial charge in [-0.2, -0.15) is 0 Å². The molecule has 0 saturated heterocycles. The number of carbonyl (C=O) groups excluding carboxylic acids is 1. The van der Waals surface area contributed by atoms with Crippen molar-refractivity contribution in [3.05, 3.63) is 24.3 Å². The minimum Gasteiger partial charge on any atom is -0.444 e. The van der Waals surface area contributed by atoms with Gasteiger partial charge in [-0.15, -0.1) is 0 Å². The highest BCUT2D eigenvalue weighted by Gasteiger charge is 2.30. The summed E-state index contributed by atoms with van der Waals surface area (Å²) in [5.74, 6) is 0. The van der Waals surface area contributed by atoms with Crippen LogP contribution in [-0.2, 0) is 18.3 Å². The Bertz CT molecular complexity index is 593. The molecule has 0 fully saturated rings. The second kappa shape index (κ2) is 8.15. The summed E-state index contributed by atoms with van der Waals surface area (Å²) in [6.07, 6.45) is -1.11. The topological polar surface area (TPSA) is 73.9 Å². The number of hydrogen-bond donors (Lipinski definition) is 1.